The molecule has 0 unspecified atom stereocenters. The van der Waals surface area contributed by atoms with E-state index in [1.54, 1.807) is 9.80 Å². The maximum Gasteiger partial charge on any atom is 0.336 e. The van der Waals surface area contributed by atoms with E-state index in [4.69, 9.17) is 4.74 Å². The van der Waals surface area contributed by atoms with Crippen molar-refractivity contribution < 1.29 is 14.3 Å². The van der Waals surface area contributed by atoms with Gasteiger partial charge in [-0.25, -0.2) is 20.4 Å². The molecule has 2 fully saturated rings. The lowest BCUT2D eigenvalue weighted by Gasteiger charge is -2.29. The number of morpholine rings is 1. The molecule has 102 valence electrons. The second kappa shape index (κ2) is 6.41. The highest BCUT2D eigenvalue weighted by atomic mass is 16.5. The average Bonchev–Trinajstić information content (AvgIpc) is 2.46. The van der Waals surface area contributed by atoms with Crippen molar-refractivity contribution in [3.8, 4) is 0 Å². The molecular weight excluding hydrogens is 238 g/mol. The van der Waals surface area contributed by atoms with E-state index in [-0.39, 0.29) is 12.1 Å². The molecule has 2 rings (SSSR count). The van der Waals surface area contributed by atoms with Gasteiger partial charge in [0.2, 0.25) is 0 Å². The van der Waals surface area contributed by atoms with E-state index >= 15 is 0 Å². The average molecular weight is 257 g/mol. The first-order chi connectivity index (χ1) is 8.77. The van der Waals surface area contributed by atoms with Crippen LogP contribution < -0.4 is 16.2 Å². The Balaban J connectivity index is 1.69. The molecule has 8 heteroatoms. The fourth-order valence-corrected chi connectivity index (χ4v) is 1.90. The maximum atomic E-state index is 11.7. The molecule has 2 heterocycles. The topological polar surface area (TPSA) is 85.9 Å². The summed E-state index contributed by atoms with van der Waals surface area (Å²) in [5.74, 6) is 0. The molecule has 0 aromatic carbocycles. The second-order valence-electron chi connectivity index (χ2n) is 4.20. The number of carbonyl (C=O) groups is 2. The van der Waals surface area contributed by atoms with Crippen LogP contribution in [0.3, 0.4) is 0 Å². The highest BCUT2D eigenvalue weighted by molar-refractivity contribution is 5.80. The summed E-state index contributed by atoms with van der Waals surface area (Å²) in [5.41, 5.74) is 4.85. The molecule has 18 heavy (non-hydrogen) atoms. The van der Waals surface area contributed by atoms with Gasteiger partial charge in [0.1, 0.15) is 0 Å². The van der Waals surface area contributed by atoms with Crippen LogP contribution in [0.5, 0.6) is 0 Å². The fraction of sp³-hybridized carbons (Fsp3) is 0.800. The van der Waals surface area contributed by atoms with Crippen molar-refractivity contribution in [1.82, 2.24) is 26.0 Å². The quantitative estimate of drug-likeness (QED) is 0.464. The second-order valence-corrected chi connectivity index (χ2v) is 4.20. The van der Waals surface area contributed by atoms with Gasteiger partial charge in [-0.3, -0.25) is 0 Å². The number of nitrogens with one attached hydrogen (secondary N) is 3. The summed E-state index contributed by atoms with van der Waals surface area (Å²) in [6, 6.07) is -0.556. The van der Waals surface area contributed by atoms with Crippen molar-refractivity contribution in [2.24, 2.45) is 0 Å². The van der Waals surface area contributed by atoms with Crippen molar-refractivity contribution >= 4 is 12.1 Å². The number of hydrogen-bond donors (Lipinski definition) is 3. The third-order valence-corrected chi connectivity index (χ3v) is 2.98. The number of ether oxygens (including phenoxy) is 1. The normalized spacial score (nSPS) is 20.4. The van der Waals surface area contributed by atoms with Gasteiger partial charge < -0.3 is 19.9 Å². The number of amides is 4. The Morgan fingerprint density at radius 2 is 1.39 bits per heavy atom. The van der Waals surface area contributed by atoms with E-state index in [1.807, 2.05) is 0 Å². The van der Waals surface area contributed by atoms with Crippen LogP contribution in [0.1, 0.15) is 0 Å². The van der Waals surface area contributed by atoms with Gasteiger partial charge in [0.05, 0.1) is 13.2 Å². The molecule has 0 atom stereocenters. The van der Waals surface area contributed by atoms with Gasteiger partial charge in [0.15, 0.2) is 0 Å². The SMILES string of the molecule is O=C(NNC(=O)N1CCOCC1)N1CCNCC1. The molecule has 0 aromatic heterocycles. The van der Waals surface area contributed by atoms with Gasteiger partial charge in [0.25, 0.3) is 0 Å². The Labute approximate surface area is 106 Å². The predicted molar refractivity (Wildman–Crippen MR) is 63.9 cm³/mol. The first-order valence-corrected chi connectivity index (χ1v) is 6.15. The van der Waals surface area contributed by atoms with E-state index in [0.29, 0.717) is 39.4 Å². The predicted octanol–water partition coefficient (Wildman–Crippen LogP) is -1.44. The van der Waals surface area contributed by atoms with Crippen molar-refractivity contribution in [2.75, 3.05) is 52.5 Å². The van der Waals surface area contributed by atoms with Crippen LogP contribution in [0.2, 0.25) is 0 Å². The minimum Gasteiger partial charge on any atom is -0.378 e. The minimum absolute atomic E-state index is 0.266. The Bertz CT molecular complexity index is 270. The van der Waals surface area contributed by atoms with Crippen LogP contribution in [0.25, 0.3) is 0 Å². The summed E-state index contributed by atoms with van der Waals surface area (Å²) < 4.78 is 5.15. The molecule has 0 bridgehead atoms. The van der Waals surface area contributed by atoms with Crippen LogP contribution in [0.4, 0.5) is 9.59 Å². The molecule has 0 spiro atoms. The number of piperazine rings is 1. The van der Waals surface area contributed by atoms with Crippen molar-refractivity contribution in [3.63, 3.8) is 0 Å². The largest absolute Gasteiger partial charge is 0.378 e. The first kappa shape index (κ1) is 12.9. The van der Waals surface area contributed by atoms with E-state index in [0.717, 1.165) is 13.1 Å². The molecule has 4 amide bonds. The fourth-order valence-electron chi connectivity index (χ4n) is 1.90. The Morgan fingerprint density at radius 1 is 0.889 bits per heavy atom. The molecule has 0 aliphatic carbocycles. The molecule has 0 radical (unpaired) electrons. The number of carbonyl (C=O) groups excluding carboxylic acids is 2. The lowest BCUT2D eigenvalue weighted by atomic mass is 10.4. The van der Waals surface area contributed by atoms with Crippen LogP contribution in [-0.2, 0) is 4.74 Å². The van der Waals surface area contributed by atoms with Gasteiger partial charge in [-0.1, -0.05) is 0 Å². The van der Waals surface area contributed by atoms with Crippen LogP contribution in [0.15, 0.2) is 0 Å². The number of urea groups is 2. The van der Waals surface area contributed by atoms with Gasteiger partial charge in [-0.15, -0.1) is 0 Å². The van der Waals surface area contributed by atoms with E-state index in [2.05, 4.69) is 16.2 Å². The zero-order valence-corrected chi connectivity index (χ0v) is 10.3. The number of hydrogen-bond acceptors (Lipinski definition) is 4. The van der Waals surface area contributed by atoms with Crippen LogP contribution in [0, 0.1) is 0 Å². The number of nitrogens with zero attached hydrogens (tertiary/aromatic N) is 2. The summed E-state index contributed by atoms with van der Waals surface area (Å²) >= 11 is 0. The van der Waals surface area contributed by atoms with Gasteiger partial charge in [-0.2, -0.15) is 0 Å². The lowest BCUT2D eigenvalue weighted by molar-refractivity contribution is 0.0524. The Kier molecular flexibility index (Phi) is 4.59. The van der Waals surface area contributed by atoms with Gasteiger partial charge in [-0.05, 0) is 0 Å². The monoisotopic (exact) mass is 257 g/mol. The zero-order valence-electron chi connectivity index (χ0n) is 10.3. The zero-order chi connectivity index (χ0) is 12.8. The highest BCUT2D eigenvalue weighted by Gasteiger charge is 2.19. The molecule has 0 aromatic rings. The summed E-state index contributed by atoms with van der Waals surface area (Å²) in [7, 11) is 0. The van der Waals surface area contributed by atoms with Crippen molar-refractivity contribution in [1.29, 1.82) is 0 Å². The third-order valence-electron chi connectivity index (χ3n) is 2.98. The van der Waals surface area contributed by atoms with Crippen molar-refractivity contribution in [2.45, 2.75) is 0 Å². The summed E-state index contributed by atoms with van der Waals surface area (Å²) in [6.07, 6.45) is 0. The van der Waals surface area contributed by atoms with Gasteiger partial charge in [0, 0.05) is 39.3 Å². The van der Waals surface area contributed by atoms with E-state index in [1.165, 1.54) is 0 Å². The minimum atomic E-state index is -0.290. The van der Waals surface area contributed by atoms with E-state index < -0.39 is 0 Å². The lowest BCUT2D eigenvalue weighted by Crippen LogP contribution is -2.57. The smallest absolute Gasteiger partial charge is 0.336 e. The highest BCUT2D eigenvalue weighted by Crippen LogP contribution is 1.96. The molecule has 8 nitrogen and oxygen atoms in total. The molecule has 3 N–H and O–H groups in total. The summed E-state index contributed by atoms with van der Waals surface area (Å²) in [6.45, 7) is 5.05. The Morgan fingerprint density at radius 3 is 1.94 bits per heavy atom. The molecule has 2 aliphatic heterocycles. The Hall–Kier alpha value is -1.54. The van der Waals surface area contributed by atoms with Crippen LogP contribution >= 0.6 is 0 Å². The molecular formula is C10H19N5O3. The third kappa shape index (κ3) is 3.47. The summed E-state index contributed by atoms with van der Waals surface area (Å²) in [5, 5.41) is 3.16. The van der Waals surface area contributed by atoms with Crippen molar-refractivity contribution in [3.05, 3.63) is 0 Å². The molecule has 0 saturated carbocycles. The van der Waals surface area contributed by atoms with Gasteiger partial charge >= 0.3 is 12.1 Å². The maximum absolute atomic E-state index is 11.7. The van der Waals surface area contributed by atoms with E-state index in [9.17, 15) is 9.59 Å². The number of rotatable bonds is 0. The summed E-state index contributed by atoms with van der Waals surface area (Å²) in [4.78, 5) is 26.7. The first-order valence-electron chi connectivity index (χ1n) is 6.15. The standard InChI is InChI=1S/C10H19N5O3/c16-9(14-3-1-11-2-4-14)12-13-10(17)15-5-7-18-8-6-15/h11H,1-8H2,(H,12,16)(H,13,17). The molecule has 2 aliphatic rings. The molecule has 2 saturated heterocycles. The number of hydrazine groups is 1. The van der Waals surface area contributed by atoms with Crippen LogP contribution in [-0.4, -0.2) is 74.3 Å².